The topological polar surface area (TPSA) is 50.7 Å². The molecule has 0 radical (unpaired) electrons. The highest BCUT2D eigenvalue weighted by Crippen LogP contribution is 2.17. The van der Waals surface area contributed by atoms with E-state index in [0.29, 0.717) is 19.8 Å². The molecule has 0 spiro atoms. The second-order valence-corrected chi connectivity index (χ2v) is 4.18. The van der Waals surface area contributed by atoms with Crippen LogP contribution in [0, 0.1) is 0 Å². The first-order valence-corrected chi connectivity index (χ1v) is 5.80. The molecular formula is C11H16BrNO3. The van der Waals surface area contributed by atoms with Gasteiger partial charge in [-0.25, -0.2) is 0 Å². The van der Waals surface area contributed by atoms with Gasteiger partial charge in [-0.1, -0.05) is 28.1 Å². The fourth-order valence-electron chi connectivity index (χ4n) is 1.17. The smallest absolute Gasteiger partial charge is 0.0938 e. The molecule has 0 aliphatic rings. The highest BCUT2D eigenvalue weighted by atomic mass is 79.9. The van der Waals surface area contributed by atoms with E-state index in [1.165, 1.54) is 0 Å². The normalized spacial score (nSPS) is 12.7. The standard InChI is InChI=1S/C11H16BrNO3/c1-15-5-6-16-13-8-11(14)9-3-2-4-10(12)7-9/h2-4,7,11,13-14H,5-6,8H2,1H3. The van der Waals surface area contributed by atoms with Crippen LogP contribution in [-0.4, -0.2) is 32.0 Å². The summed E-state index contributed by atoms with van der Waals surface area (Å²) < 4.78 is 5.76. The first kappa shape index (κ1) is 13.6. The Balaban J connectivity index is 2.27. The minimum Gasteiger partial charge on any atom is -0.387 e. The van der Waals surface area contributed by atoms with Gasteiger partial charge in [0.1, 0.15) is 0 Å². The van der Waals surface area contributed by atoms with Crippen molar-refractivity contribution < 1.29 is 14.7 Å². The van der Waals surface area contributed by atoms with E-state index in [2.05, 4.69) is 21.4 Å². The predicted octanol–water partition coefficient (Wildman–Crippen LogP) is 1.65. The lowest BCUT2D eigenvalue weighted by Crippen LogP contribution is -2.23. The number of hydroxylamine groups is 1. The van der Waals surface area contributed by atoms with Gasteiger partial charge in [0, 0.05) is 11.6 Å². The van der Waals surface area contributed by atoms with E-state index >= 15 is 0 Å². The van der Waals surface area contributed by atoms with Crippen LogP contribution >= 0.6 is 15.9 Å². The van der Waals surface area contributed by atoms with Crippen LogP contribution in [0.4, 0.5) is 0 Å². The molecule has 1 atom stereocenters. The van der Waals surface area contributed by atoms with Crippen LogP contribution in [0.1, 0.15) is 11.7 Å². The number of aliphatic hydroxyl groups is 1. The quantitative estimate of drug-likeness (QED) is 0.592. The molecule has 0 saturated carbocycles. The van der Waals surface area contributed by atoms with Crippen LogP contribution < -0.4 is 5.48 Å². The number of halogens is 1. The Bertz CT molecular complexity index is 309. The number of nitrogens with one attached hydrogen (secondary N) is 1. The van der Waals surface area contributed by atoms with E-state index in [-0.39, 0.29) is 0 Å². The van der Waals surface area contributed by atoms with Gasteiger partial charge in [-0.15, -0.1) is 0 Å². The second kappa shape index (κ2) is 7.76. The zero-order valence-electron chi connectivity index (χ0n) is 9.15. The first-order chi connectivity index (χ1) is 7.74. The van der Waals surface area contributed by atoms with Crippen LogP contribution in [0.15, 0.2) is 28.7 Å². The van der Waals surface area contributed by atoms with Crippen LogP contribution in [0.25, 0.3) is 0 Å². The molecule has 16 heavy (non-hydrogen) atoms. The van der Waals surface area contributed by atoms with Crippen LogP contribution in [0.3, 0.4) is 0 Å². The number of ether oxygens (including phenoxy) is 1. The predicted molar refractivity (Wildman–Crippen MR) is 64.9 cm³/mol. The van der Waals surface area contributed by atoms with Crippen molar-refractivity contribution in [2.75, 3.05) is 26.9 Å². The third-order valence-corrected chi connectivity index (χ3v) is 2.49. The van der Waals surface area contributed by atoms with E-state index in [0.717, 1.165) is 10.0 Å². The Kier molecular flexibility index (Phi) is 6.59. The van der Waals surface area contributed by atoms with Gasteiger partial charge in [-0.3, -0.25) is 4.84 Å². The van der Waals surface area contributed by atoms with E-state index in [1.54, 1.807) is 7.11 Å². The lowest BCUT2D eigenvalue weighted by atomic mass is 10.1. The largest absolute Gasteiger partial charge is 0.387 e. The van der Waals surface area contributed by atoms with Gasteiger partial charge in [0.05, 0.1) is 25.9 Å². The summed E-state index contributed by atoms with van der Waals surface area (Å²) in [6.07, 6.45) is -0.583. The summed E-state index contributed by atoms with van der Waals surface area (Å²) in [6, 6.07) is 7.54. The lowest BCUT2D eigenvalue weighted by molar-refractivity contribution is -0.0112. The zero-order valence-corrected chi connectivity index (χ0v) is 10.7. The van der Waals surface area contributed by atoms with Crippen LogP contribution in [-0.2, 0) is 9.57 Å². The summed E-state index contributed by atoms with van der Waals surface area (Å²) in [5.74, 6) is 0. The molecule has 5 heteroatoms. The SMILES string of the molecule is COCCONCC(O)c1cccc(Br)c1. The highest BCUT2D eigenvalue weighted by Gasteiger charge is 2.06. The number of hydrogen-bond acceptors (Lipinski definition) is 4. The molecule has 0 aliphatic carbocycles. The van der Waals surface area contributed by atoms with Gasteiger partial charge in [-0.2, -0.15) is 5.48 Å². The molecular weight excluding hydrogens is 274 g/mol. The third-order valence-electron chi connectivity index (χ3n) is 2.00. The van der Waals surface area contributed by atoms with Crippen molar-refractivity contribution >= 4 is 15.9 Å². The molecule has 1 rings (SSSR count). The average molecular weight is 290 g/mol. The van der Waals surface area contributed by atoms with Crippen LogP contribution in [0.2, 0.25) is 0 Å². The maximum absolute atomic E-state index is 9.81. The van der Waals surface area contributed by atoms with Crippen molar-refractivity contribution in [3.8, 4) is 0 Å². The fourth-order valence-corrected chi connectivity index (χ4v) is 1.58. The number of methoxy groups -OCH3 is 1. The summed E-state index contributed by atoms with van der Waals surface area (Å²) in [4.78, 5) is 5.05. The Morgan fingerprint density at radius 2 is 2.25 bits per heavy atom. The molecule has 4 nitrogen and oxygen atoms in total. The van der Waals surface area contributed by atoms with E-state index in [1.807, 2.05) is 24.3 Å². The van der Waals surface area contributed by atoms with Crippen molar-refractivity contribution in [2.24, 2.45) is 0 Å². The van der Waals surface area contributed by atoms with Crippen LogP contribution in [0.5, 0.6) is 0 Å². The Hall–Kier alpha value is -0.460. The molecule has 1 aromatic rings. The molecule has 1 aromatic carbocycles. The molecule has 0 saturated heterocycles. The summed E-state index contributed by atoms with van der Waals surface area (Å²) in [5, 5.41) is 9.81. The molecule has 0 aliphatic heterocycles. The Labute approximate surface area is 104 Å². The van der Waals surface area contributed by atoms with Gasteiger partial charge < -0.3 is 9.84 Å². The van der Waals surface area contributed by atoms with Gasteiger partial charge in [-0.05, 0) is 17.7 Å². The van der Waals surface area contributed by atoms with E-state index < -0.39 is 6.10 Å². The molecule has 0 bridgehead atoms. The van der Waals surface area contributed by atoms with E-state index in [9.17, 15) is 5.11 Å². The van der Waals surface area contributed by atoms with Gasteiger partial charge >= 0.3 is 0 Å². The number of rotatable bonds is 7. The Morgan fingerprint density at radius 1 is 1.44 bits per heavy atom. The first-order valence-electron chi connectivity index (χ1n) is 5.01. The third kappa shape index (κ3) is 5.05. The Morgan fingerprint density at radius 3 is 2.94 bits per heavy atom. The number of hydrogen-bond donors (Lipinski definition) is 2. The second-order valence-electron chi connectivity index (χ2n) is 3.26. The highest BCUT2D eigenvalue weighted by molar-refractivity contribution is 9.10. The summed E-state index contributed by atoms with van der Waals surface area (Å²) in [7, 11) is 1.61. The number of benzene rings is 1. The average Bonchev–Trinajstić information content (AvgIpc) is 2.28. The number of aliphatic hydroxyl groups excluding tert-OH is 1. The maximum atomic E-state index is 9.81. The fraction of sp³-hybridized carbons (Fsp3) is 0.455. The minimum atomic E-state index is -0.583. The van der Waals surface area contributed by atoms with Gasteiger partial charge in [0.2, 0.25) is 0 Å². The summed E-state index contributed by atoms with van der Waals surface area (Å²) in [5.41, 5.74) is 3.54. The zero-order chi connectivity index (χ0) is 11.8. The lowest BCUT2D eigenvalue weighted by Gasteiger charge is -2.12. The molecule has 1 unspecified atom stereocenters. The molecule has 2 N–H and O–H groups in total. The molecule has 0 fully saturated rings. The van der Waals surface area contributed by atoms with Crippen molar-refractivity contribution in [2.45, 2.75) is 6.10 Å². The minimum absolute atomic E-state index is 0.347. The van der Waals surface area contributed by atoms with Crippen molar-refractivity contribution in [3.05, 3.63) is 34.3 Å². The van der Waals surface area contributed by atoms with Crippen molar-refractivity contribution in [1.82, 2.24) is 5.48 Å². The van der Waals surface area contributed by atoms with E-state index in [4.69, 9.17) is 9.57 Å². The molecule has 0 heterocycles. The molecule has 90 valence electrons. The molecule has 0 amide bonds. The maximum Gasteiger partial charge on any atom is 0.0938 e. The molecule has 0 aromatic heterocycles. The van der Waals surface area contributed by atoms with Crippen molar-refractivity contribution in [1.29, 1.82) is 0 Å². The van der Waals surface area contributed by atoms with Gasteiger partial charge in [0.25, 0.3) is 0 Å². The van der Waals surface area contributed by atoms with Crippen molar-refractivity contribution in [3.63, 3.8) is 0 Å². The van der Waals surface area contributed by atoms with Gasteiger partial charge in [0.15, 0.2) is 0 Å². The summed E-state index contributed by atoms with van der Waals surface area (Å²) >= 11 is 3.35. The summed E-state index contributed by atoms with van der Waals surface area (Å²) in [6.45, 7) is 1.34. The monoisotopic (exact) mass is 289 g/mol.